The van der Waals surface area contributed by atoms with Gasteiger partial charge in [0, 0.05) is 35.3 Å². The van der Waals surface area contributed by atoms with Gasteiger partial charge >= 0.3 is 0 Å². The van der Waals surface area contributed by atoms with E-state index in [4.69, 9.17) is 16.9 Å². The smallest absolute Gasteiger partial charge is 0.269 e. The lowest BCUT2D eigenvalue weighted by molar-refractivity contribution is -0.384. The van der Waals surface area contributed by atoms with Crippen LogP contribution in [0.3, 0.4) is 0 Å². The van der Waals surface area contributed by atoms with Crippen molar-refractivity contribution in [1.82, 2.24) is 5.32 Å². The zero-order valence-electron chi connectivity index (χ0n) is 11.6. The Hall–Kier alpha value is -3.35. The van der Waals surface area contributed by atoms with Gasteiger partial charge in [0.25, 0.3) is 5.69 Å². The number of hydrogen-bond donors (Lipinski definition) is 4. The summed E-state index contributed by atoms with van der Waals surface area (Å²) in [6, 6.07) is 11.0. The van der Waals surface area contributed by atoms with Gasteiger partial charge in [-0.1, -0.05) is 0 Å². The molecule has 0 spiro atoms. The number of nitro groups is 1. The summed E-state index contributed by atoms with van der Waals surface area (Å²) in [5, 5.41) is 21.3. The highest BCUT2D eigenvalue weighted by atomic mass is 16.6. The van der Waals surface area contributed by atoms with Crippen LogP contribution in [0, 0.1) is 15.5 Å². The predicted molar refractivity (Wildman–Crippen MR) is 87.4 cm³/mol. The minimum atomic E-state index is -0.453. The summed E-state index contributed by atoms with van der Waals surface area (Å²) in [5.74, 6) is 0.150. The second kappa shape index (κ2) is 6.40. The topological polar surface area (TPSA) is 131 Å². The Bertz CT molecular complexity index is 718. The first-order valence-electron chi connectivity index (χ1n) is 6.38. The number of nitrogens with one attached hydrogen (secondary N) is 2. The molecule has 112 valence electrons. The molecule has 0 aliphatic heterocycles. The second-order valence-corrected chi connectivity index (χ2v) is 4.59. The molecular formula is C15H15N5O2. The molecule has 7 nitrogen and oxygen atoms in total. The number of nitrogen functional groups attached to an aromatic ring is 2. The van der Waals surface area contributed by atoms with Gasteiger partial charge < -0.3 is 16.8 Å². The van der Waals surface area contributed by atoms with E-state index in [1.54, 1.807) is 42.6 Å². The molecule has 7 heteroatoms. The van der Waals surface area contributed by atoms with Gasteiger partial charge in [-0.25, -0.2) is 0 Å². The molecule has 22 heavy (non-hydrogen) atoms. The number of nitrogens with zero attached hydrogens (tertiary/aromatic N) is 1. The molecule has 0 saturated heterocycles. The Kier molecular flexibility index (Phi) is 4.38. The van der Waals surface area contributed by atoms with Crippen LogP contribution < -0.4 is 16.8 Å². The number of anilines is 2. The summed E-state index contributed by atoms with van der Waals surface area (Å²) in [4.78, 5) is 10.1. The molecule has 2 rings (SSSR count). The highest BCUT2D eigenvalue weighted by Gasteiger charge is 2.03. The first-order valence-corrected chi connectivity index (χ1v) is 6.38. The highest BCUT2D eigenvalue weighted by Crippen LogP contribution is 2.14. The van der Waals surface area contributed by atoms with E-state index < -0.39 is 4.92 Å². The number of non-ortho nitro benzene ring substituents is 1. The summed E-state index contributed by atoms with van der Waals surface area (Å²) in [6.07, 6.45) is 3.27. The fourth-order valence-corrected chi connectivity index (χ4v) is 1.83. The molecule has 0 heterocycles. The highest BCUT2D eigenvalue weighted by molar-refractivity contribution is 5.98. The van der Waals surface area contributed by atoms with Gasteiger partial charge in [-0.15, -0.1) is 0 Å². The second-order valence-electron chi connectivity index (χ2n) is 4.59. The lowest BCUT2D eigenvalue weighted by Crippen LogP contribution is -2.17. The van der Waals surface area contributed by atoms with Crippen LogP contribution in [0.5, 0.6) is 0 Å². The van der Waals surface area contributed by atoms with Gasteiger partial charge in [0.1, 0.15) is 5.84 Å². The molecule has 0 atom stereocenters. The third kappa shape index (κ3) is 3.83. The maximum atomic E-state index is 10.6. The number of nitro benzene ring substituents is 1. The standard InChI is InChI=1S/C15H15N5O2/c16-12-7-11(8-13(17)9-12)15(18)19-6-5-10-1-3-14(4-2-10)20(21)22/h1-9H,16-17H2,(H2,18,19). The summed E-state index contributed by atoms with van der Waals surface area (Å²) < 4.78 is 0. The van der Waals surface area contributed by atoms with E-state index in [1.807, 2.05) is 0 Å². The molecule has 2 aromatic carbocycles. The summed E-state index contributed by atoms with van der Waals surface area (Å²) in [5.41, 5.74) is 13.7. The van der Waals surface area contributed by atoms with Crippen molar-refractivity contribution in [2.45, 2.75) is 0 Å². The summed E-state index contributed by atoms with van der Waals surface area (Å²) in [7, 11) is 0. The van der Waals surface area contributed by atoms with Gasteiger partial charge in [-0.2, -0.15) is 0 Å². The molecule has 2 aromatic rings. The monoisotopic (exact) mass is 297 g/mol. The van der Waals surface area contributed by atoms with Gasteiger partial charge in [-0.3, -0.25) is 15.5 Å². The van der Waals surface area contributed by atoms with Crippen molar-refractivity contribution in [3.8, 4) is 0 Å². The van der Waals surface area contributed by atoms with E-state index in [1.165, 1.54) is 12.1 Å². The lowest BCUT2D eigenvalue weighted by atomic mass is 10.1. The van der Waals surface area contributed by atoms with E-state index in [9.17, 15) is 10.1 Å². The lowest BCUT2D eigenvalue weighted by Gasteiger charge is -2.06. The maximum Gasteiger partial charge on any atom is 0.269 e. The van der Waals surface area contributed by atoms with Crippen molar-refractivity contribution >= 4 is 29.0 Å². The number of nitrogens with two attached hydrogens (primary N) is 2. The molecule has 0 saturated carbocycles. The van der Waals surface area contributed by atoms with Crippen LogP contribution in [0.25, 0.3) is 6.08 Å². The molecule has 0 radical (unpaired) electrons. The van der Waals surface area contributed by atoms with Crippen LogP contribution in [0.4, 0.5) is 17.1 Å². The molecule has 0 aromatic heterocycles. The van der Waals surface area contributed by atoms with Crippen molar-refractivity contribution in [2.24, 2.45) is 0 Å². The van der Waals surface area contributed by atoms with Crippen molar-refractivity contribution in [3.05, 3.63) is 69.9 Å². The van der Waals surface area contributed by atoms with Gasteiger partial charge in [0.2, 0.25) is 0 Å². The van der Waals surface area contributed by atoms with Crippen LogP contribution in [0.1, 0.15) is 11.1 Å². The number of benzene rings is 2. The van der Waals surface area contributed by atoms with Gasteiger partial charge in [-0.05, 0) is 42.0 Å². The third-order valence-electron chi connectivity index (χ3n) is 2.87. The van der Waals surface area contributed by atoms with Crippen LogP contribution in [0.2, 0.25) is 0 Å². The average molecular weight is 297 g/mol. The van der Waals surface area contributed by atoms with E-state index in [-0.39, 0.29) is 11.5 Å². The van der Waals surface area contributed by atoms with Gasteiger partial charge in [0.15, 0.2) is 0 Å². The fourth-order valence-electron chi connectivity index (χ4n) is 1.83. The van der Waals surface area contributed by atoms with Crippen molar-refractivity contribution in [3.63, 3.8) is 0 Å². The molecule has 0 aliphatic carbocycles. The minimum absolute atomic E-state index is 0.0353. The first-order chi connectivity index (χ1) is 10.5. The van der Waals surface area contributed by atoms with Crippen LogP contribution in [-0.4, -0.2) is 10.8 Å². The van der Waals surface area contributed by atoms with Crippen LogP contribution in [0.15, 0.2) is 48.7 Å². The van der Waals surface area contributed by atoms with Crippen LogP contribution in [-0.2, 0) is 0 Å². The zero-order valence-corrected chi connectivity index (χ0v) is 11.6. The quantitative estimate of drug-likeness (QED) is 0.226. The molecule has 0 aliphatic rings. The molecule has 0 fully saturated rings. The van der Waals surface area contributed by atoms with Crippen molar-refractivity contribution in [1.29, 1.82) is 5.41 Å². The van der Waals surface area contributed by atoms with Gasteiger partial charge in [0.05, 0.1) is 4.92 Å². The number of hydrogen-bond acceptors (Lipinski definition) is 5. The van der Waals surface area contributed by atoms with E-state index in [2.05, 4.69) is 5.32 Å². The molecule has 0 bridgehead atoms. The summed E-state index contributed by atoms with van der Waals surface area (Å²) in [6.45, 7) is 0. The predicted octanol–water partition coefficient (Wildman–Crippen LogP) is 2.35. The number of amidine groups is 1. The Morgan fingerprint density at radius 2 is 1.73 bits per heavy atom. The Morgan fingerprint density at radius 3 is 2.27 bits per heavy atom. The SMILES string of the molecule is N=C(NC=Cc1ccc([N+](=O)[O-])cc1)c1cc(N)cc(N)c1. The van der Waals surface area contributed by atoms with Crippen molar-refractivity contribution in [2.75, 3.05) is 11.5 Å². The maximum absolute atomic E-state index is 10.6. The molecular weight excluding hydrogens is 282 g/mol. The minimum Gasteiger partial charge on any atom is -0.399 e. The average Bonchev–Trinajstić information content (AvgIpc) is 2.46. The van der Waals surface area contributed by atoms with Crippen LogP contribution >= 0.6 is 0 Å². The Morgan fingerprint density at radius 1 is 1.14 bits per heavy atom. The van der Waals surface area contributed by atoms with E-state index in [0.717, 1.165) is 5.56 Å². The molecule has 6 N–H and O–H groups in total. The summed E-state index contributed by atoms with van der Waals surface area (Å²) >= 11 is 0. The zero-order chi connectivity index (χ0) is 16.1. The Labute approximate surface area is 126 Å². The first kappa shape index (κ1) is 15.0. The largest absolute Gasteiger partial charge is 0.399 e. The molecule has 0 amide bonds. The fraction of sp³-hybridized carbons (Fsp3) is 0. The number of rotatable bonds is 4. The van der Waals surface area contributed by atoms with E-state index in [0.29, 0.717) is 16.9 Å². The molecule has 0 unspecified atom stereocenters. The van der Waals surface area contributed by atoms with E-state index >= 15 is 0 Å². The van der Waals surface area contributed by atoms with Crippen molar-refractivity contribution < 1.29 is 4.92 Å². The Balaban J connectivity index is 2.02. The third-order valence-corrected chi connectivity index (χ3v) is 2.87. The normalized spacial score (nSPS) is 10.5.